The van der Waals surface area contributed by atoms with E-state index in [9.17, 15) is 27.9 Å². The Bertz CT molecular complexity index is 3890. The van der Waals surface area contributed by atoms with E-state index in [0.717, 1.165) is 36.4 Å². The molecule has 5 N–H and O–H groups in total. The van der Waals surface area contributed by atoms with Gasteiger partial charge in [0.15, 0.2) is 0 Å². The van der Waals surface area contributed by atoms with E-state index in [-0.39, 0.29) is 60.1 Å². The van der Waals surface area contributed by atoms with E-state index >= 15 is 8.78 Å². The topological polar surface area (TPSA) is 197 Å². The number of nitrogens with one attached hydrogen (secondary N) is 1. The number of halogens is 9. The van der Waals surface area contributed by atoms with Crippen LogP contribution in [0.2, 0.25) is 15.1 Å². The Labute approximate surface area is 573 Å². The molecule has 91 heavy (non-hydrogen) atoms. The standard InChI is InChI=1S/C23H20ClFN2O3.C19H14ClF2NO.C14H11BrClFO.C5H5BFNO2.C4H7NO2.BH.U/c1-30-19-7-6-16(22(25)21(19)15-3-2-4-17(24)12-15)11-14-5-8-20(26-13-14)27-10-9-18(27)23(28)29;1-24-16-7-6-14(9-12-5-8-17(21)23-11-12)19(22)18(16)13-3-2-4-15(20)10-13;1-18-12-6-5-10(8-15)14(17)13(12)9-3-2-4-11(16)7-9;7-5-2-1-4(3-8-5)6(9)10;6-4(7)3-1-2-5-3;;/h2-8,12-13,18H,9-11H2,1H3,(H,28,29);2-8,10-11H,9H2,1H3;2-7H,8H2,1H3;1-3,9-10H;3,5H,1-2H2,(H,6,7);1H;/i;;;;;1D;. The molecule has 0 spiro atoms. The van der Waals surface area contributed by atoms with Gasteiger partial charge in [0, 0.05) is 103 Å². The maximum atomic E-state index is 15.4. The van der Waals surface area contributed by atoms with Crippen LogP contribution in [0.25, 0.3) is 33.4 Å². The Hall–Kier alpha value is -7.03. The summed E-state index contributed by atoms with van der Waals surface area (Å²) < 4.78 is 91.0. The number of hydrogen-bond acceptors (Lipinski definition) is 12. The number of aliphatic carboxylic acids is 2. The van der Waals surface area contributed by atoms with Crippen molar-refractivity contribution in [1.29, 1.82) is 1.34 Å². The summed E-state index contributed by atoms with van der Waals surface area (Å²) in [7, 11) is 6.70. The Balaban J connectivity index is 0.000000222. The van der Waals surface area contributed by atoms with E-state index in [1.165, 1.54) is 39.7 Å². The van der Waals surface area contributed by atoms with Crippen molar-refractivity contribution in [1.82, 2.24) is 20.3 Å². The van der Waals surface area contributed by atoms with Gasteiger partial charge in [-0.15, -0.1) is 0 Å². The second-order valence-corrected chi connectivity index (χ2v) is 21.5. The first-order valence-electron chi connectivity index (χ1n) is 27.7. The number of carbonyl (C=O) groups is 2. The molecule has 470 valence electrons. The van der Waals surface area contributed by atoms with Gasteiger partial charge in [0.25, 0.3) is 0 Å². The van der Waals surface area contributed by atoms with E-state index < -0.39 is 37.0 Å². The zero-order chi connectivity index (χ0) is 66.3. The van der Waals surface area contributed by atoms with Gasteiger partial charge in [-0.3, -0.25) is 4.79 Å². The summed E-state index contributed by atoms with van der Waals surface area (Å²) in [5.41, 5.74) is 6.44. The van der Waals surface area contributed by atoms with Gasteiger partial charge in [-0.25, -0.2) is 32.9 Å². The van der Waals surface area contributed by atoms with Crippen molar-refractivity contribution >= 4 is 89.4 Å². The quantitative estimate of drug-likeness (QED) is 0.0281. The number of alkyl halides is 1. The SMILES string of the molecule is COc1ccc(CBr)c(F)c1-c1cccc(Cl)c1.COc1ccc(Cc2ccc(F)nc2)c(F)c1-c1cccc(Cl)c1.COc1ccc(Cc2ccc(N3CCC3C(=O)O)nc2)c(F)c1-c1cccc(Cl)c1.O=C(O)C1CCN1.OB(O)c1ccc(F)nc1.[2H][B].[U]. The number of carboxylic acids is 2. The third kappa shape index (κ3) is 20.5. The van der Waals surface area contributed by atoms with Gasteiger partial charge in [0.05, 0.1) is 38.0 Å². The van der Waals surface area contributed by atoms with E-state index in [1.807, 2.05) is 12.1 Å². The molecule has 9 aromatic rings. The number of pyridine rings is 3. The van der Waals surface area contributed by atoms with Crippen LogP contribution in [0.4, 0.5) is 27.8 Å². The van der Waals surface area contributed by atoms with E-state index in [1.54, 1.807) is 126 Å². The summed E-state index contributed by atoms with van der Waals surface area (Å²) in [6.45, 7) is 1.52. The van der Waals surface area contributed by atoms with Crippen molar-refractivity contribution in [3.8, 4) is 50.6 Å². The second kappa shape index (κ2) is 36.3. The molecule has 2 saturated heterocycles. The Morgan fingerprint density at radius 1 is 0.604 bits per heavy atom. The number of nitrogens with zero attached hydrogens (tertiary/aromatic N) is 4. The minimum Gasteiger partial charge on any atom is -0.496 e. The molecule has 2 atom stereocenters. The number of rotatable bonds is 15. The van der Waals surface area contributed by atoms with Crippen LogP contribution in [-0.2, 0) is 27.8 Å². The minimum atomic E-state index is -1.58. The summed E-state index contributed by atoms with van der Waals surface area (Å²) in [5, 5.41) is 39.2. The largest absolute Gasteiger partial charge is 0.496 e. The number of methoxy groups -OCH3 is 3. The van der Waals surface area contributed by atoms with Crippen LogP contribution in [0.5, 0.6) is 17.2 Å². The van der Waals surface area contributed by atoms with Crippen LogP contribution >= 0.6 is 50.7 Å². The molecule has 2 unspecified atom stereocenters. The molecule has 0 bridgehead atoms. The Morgan fingerprint density at radius 3 is 1.32 bits per heavy atom. The van der Waals surface area contributed by atoms with Crippen LogP contribution in [0.3, 0.4) is 0 Å². The first-order chi connectivity index (χ1) is 43.7. The number of benzene rings is 6. The molecule has 0 aliphatic carbocycles. The van der Waals surface area contributed by atoms with Gasteiger partial charge in [-0.2, -0.15) is 8.78 Å². The fourth-order valence-corrected chi connectivity index (χ4v) is 10.0. The zero-order valence-electron chi connectivity index (χ0n) is 49.9. The van der Waals surface area contributed by atoms with Crippen molar-refractivity contribution in [2.24, 2.45) is 0 Å². The number of anilines is 1. The predicted molar refractivity (Wildman–Crippen MR) is 345 cm³/mol. The Kier molecular flexibility index (Phi) is 29.1. The molecule has 2 aliphatic rings. The zero-order valence-corrected chi connectivity index (χ0v) is 56.9. The van der Waals surface area contributed by atoms with Crippen LogP contribution in [-0.4, -0.2) is 110 Å². The third-order valence-electron chi connectivity index (χ3n) is 13.9. The molecule has 2 fully saturated rings. The van der Waals surface area contributed by atoms with Crippen molar-refractivity contribution < 1.29 is 97.1 Å². The summed E-state index contributed by atoms with van der Waals surface area (Å²) >= 11 is 21.3. The summed E-state index contributed by atoms with van der Waals surface area (Å²) in [5.74, 6) is -1.83. The molecule has 6 aromatic carbocycles. The average molecular weight is 1600 g/mol. The van der Waals surface area contributed by atoms with Gasteiger partial charge in [0.1, 0.15) is 52.6 Å². The Morgan fingerprint density at radius 2 is 1.02 bits per heavy atom. The maximum absolute atomic E-state index is 15.4. The monoisotopic (exact) mass is 1590 g/mol. The molecule has 2 aliphatic heterocycles. The normalized spacial score (nSPS) is 13.3. The van der Waals surface area contributed by atoms with Crippen molar-refractivity contribution in [2.75, 3.05) is 39.3 Å². The van der Waals surface area contributed by atoms with Crippen molar-refractivity contribution in [2.45, 2.75) is 43.1 Å². The molecular weight excluding hydrogens is 1540 g/mol. The summed E-state index contributed by atoms with van der Waals surface area (Å²) in [6, 6.07) is 39.3. The fourth-order valence-electron chi connectivity index (χ4n) is 9.03. The molecule has 0 amide bonds. The van der Waals surface area contributed by atoms with Gasteiger partial charge < -0.3 is 44.7 Å². The van der Waals surface area contributed by atoms with E-state index in [4.69, 9.17) is 65.5 Å². The van der Waals surface area contributed by atoms with Gasteiger partial charge >= 0.3 is 19.1 Å². The first kappa shape index (κ1) is 73.0. The smallest absolute Gasteiger partial charge is 0.490 e. The molecule has 3 aromatic heterocycles. The first-order valence-corrected chi connectivity index (χ1v) is 29.4. The molecule has 11 rings (SSSR count). The molecule has 5 heterocycles. The summed E-state index contributed by atoms with van der Waals surface area (Å²) in [6.07, 6.45) is 6.18. The van der Waals surface area contributed by atoms with Crippen LogP contribution in [0.15, 0.2) is 164 Å². The average Bonchev–Trinajstić information content (AvgIpc) is 1.04. The van der Waals surface area contributed by atoms with Gasteiger partial charge in [0.2, 0.25) is 11.9 Å². The minimum absolute atomic E-state index is 0. The van der Waals surface area contributed by atoms with Gasteiger partial charge in [-0.05, 0) is 138 Å². The molecule has 2 radical (unpaired) electrons. The predicted octanol–water partition coefficient (Wildman–Crippen LogP) is 12.8. The van der Waals surface area contributed by atoms with Crippen molar-refractivity contribution in [3.63, 3.8) is 0 Å². The molecule has 0 saturated carbocycles. The number of carboxylic acid groups (broad SMARTS) is 2. The summed E-state index contributed by atoms with van der Waals surface area (Å²) in [4.78, 5) is 34.1. The van der Waals surface area contributed by atoms with Crippen LogP contribution < -0.4 is 29.9 Å². The number of aromatic nitrogens is 3. The maximum Gasteiger partial charge on any atom is 0.490 e. The van der Waals surface area contributed by atoms with Crippen LogP contribution in [0.1, 0.15) is 40.7 Å². The molecule has 14 nitrogen and oxygen atoms in total. The third-order valence-corrected chi connectivity index (χ3v) is 15.2. The number of ether oxygens (including phenoxy) is 3. The van der Waals surface area contributed by atoms with Crippen LogP contribution in [0, 0.1) is 60.5 Å². The van der Waals surface area contributed by atoms with Crippen molar-refractivity contribution in [3.05, 3.63) is 236 Å². The van der Waals surface area contributed by atoms with Gasteiger partial charge in [-0.1, -0.05) is 124 Å². The fraction of sp³-hybridized carbons (Fsp3) is 0.185. The van der Waals surface area contributed by atoms with E-state index in [0.29, 0.717) is 119 Å². The molecular formula is C65H58B2BrCl3F5N5O9U. The second-order valence-electron chi connectivity index (χ2n) is 19.6. The molecule has 26 heteroatoms. The number of hydrogen-bond donors (Lipinski definition) is 5. The van der Waals surface area contributed by atoms with E-state index in [2.05, 4.69) is 44.6 Å².